The molecule has 0 fully saturated rings. The summed E-state index contributed by atoms with van der Waals surface area (Å²) in [7, 11) is -8.70. The molecule has 0 aromatic carbocycles. The van der Waals surface area contributed by atoms with E-state index >= 15 is 0 Å². The zero-order valence-electron chi connectivity index (χ0n) is 8.55. The molecule has 0 heterocycles. The Hall–Kier alpha value is 0.0400. The Kier molecular flexibility index (Phi) is 5.36. The minimum atomic E-state index is -4.35. The third-order valence-electron chi connectivity index (χ3n) is 1.11. The molecule has 0 aliphatic heterocycles. The SMILES string of the molecule is CS(=O)(=O)N(C(=O)OCC(Cl)(Cl)Cl)S(C)(=O)=O. The fourth-order valence-corrected chi connectivity index (χ4v) is 3.49. The van der Waals surface area contributed by atoms with Crippen molar-refractivity contribution in [2.45, 2.75) is 3.79 Å². The van der Waals surface area contributed by atoms with Crippen molar-refractivity contribution in [3.63, 3.8) is 0 Å². The molecule has 0 saturated heterocycles. The molecule has 0 aromatic heterocycles. The Morgan fingerprint density at radius 1 is 1.12 bits per heavy atom. The molecule has 0 aliphatic carbocycles. The molecule has 0 atom stereocenters. The van der Waals surface area contributed by atoms with Crippen LogP contribution in [0, 0.1) is 0 Å². The summed E-state index contributed by atoms with van der Waals surface area (Å²) in [4.78, 5) is 11.3. The molecule has 0 spiro atoms. The second kappa shape index (κ2) is 5.35. The van der Waals surface area contributed by atoms with Crippen molar-refractivity contribution >= 4 is 60.9 Å². The van der Waals surface area contributed by atoms with E-state index in [1.165, 1.54) is 0 Å². The first-order valence-corrected chi connectivity index (χ1v) is 8.52. The number of carbonyl (C=O) groups excluding carboxylic acids is 1. The van der Waals surface area contributed by atoms with Gasteiger partial charge >= 0.3 is 6.09 Å². The summed E-state index contributed by atoms with van der Waals surface area (Å²) in [5.41, 5.74) is 0. The van der Waals surface area contributed by atoms with Crippen LogP contribution in [0.3, 0.4) is 0 Å². The van der Waals surface area contributed by atoms with E-state index in [0.29, 0.717) is 12.5 Å². The smallest absolute Gasteiger partial charge is 0.438 e. The van der Waals surface area contributed by atoms with Crippen LogP contribution in [0.15, 0.2) is 0 Å². The lowest BCUT2D eigenvalue weighted by molar-refractivity contribution is 0.141. The van der Waals surface area contributed by atoms with Gasteiger partial charge in [0, 0.05) is 0 Å². The first kappa shape index (κ1) is 17.0. The Bertz CT molecular complexity index is 460. The van der Waals surface area contributed by atoms with Gasteiger partial charge in [0.15, 0.2) is 0 Å². The molecule has 0 aliphatic rings. The molecule has 0 radical (unpaired) electrons. The summed E-state index contributed by atoms with van der Waals surface area (Å²) in [6, 6.07) is 0. The van der Waals surface area contributed by atoms with Gasteiger partial charge in [0.2, 0.25) is 23.8 Å². The number of halogens is 3. The number of hydrogen-bond donors (Lipinski definition) is 0. The topological polar surface area (TPSA) is 97.8 Å². The molecule has 0 rings (SSSR count). The number of sulfonamides is 2. The molecule has 0 N–H and O–H groups in total. The number of amides is 1. The van der Waals surface area contributed by atoms with Crippen molar-refractivity contribution in [2.75, 3.05) is 19.1 Å². The number of alkyl halides is 3. The Balaban J connectivity index is 5.08. The Labute approximate surface area is 114 Å². The summed E-state index contributed by atoms with van der Waals surface area (Å²) in [5, 5.41) is 0. The van der Waals surface area contributed by atoms with Crippen LogP contribution in [-0.2, 0) is 24.8 Å². The number of nitrogens with zero attached hydrogens (tertiary/aromatic N) is 1. The predicted octanol–water partition coefficient (Wildman–Crippen LogP) is 0.714. The molecule has 0 saturated carbocycles. The summed E-state index contributed by atoms with van der Waals surface area (Å²) in [6.45, 7) is -0.794. The second-order valence-electron chi connectivity index (χ2n) is 2.89. The maximum Gasteiger partial charge on any atom is 0.438 e. The van der Waals surface area contributed by atoms with Gasteiger partial charge in [0.25, 0.3) is 0 Å². The van der Waals surface area contributed by atoms with E-state index < -0.39 is 40.2 Å². The molecule has 7 nitrogen and oxygen atoms in total. The summed E-state index contributed by atoms with van der Waals surface area (Å²) in [6.07, 6.45) is -0.628. The highest BCUT2D eigenvalue weighted by Crippen LogP contribution is 2.26. The van der Waals surface area contributed by atoms with E-state index in [4.69, 9.17) is 34.8 Å². The van der Waals surface area contributed by atoms with E-state index in [0.717, 1.165) is 0 Å². The van der Waals surface area contributed by atoms with Gasteiger partial charge in [-0.15, -0.1) is 0 Å². The lowest BCUT2D eigenvalue weighted by Gasteiger charge is -2.18. The van der Waals surface area contributed by atoms with Crippen molar-refractivity contribution in [1.82, 2.24) is 3.71 Å². The molecule has 0 bridgehead atoms. The number of ether oxygens (including phenoxy) is 1. The van der Waals surface area contributed by atoms with Gasteiger partial charge in [0.05, 0.1) is 12.5 Å². The maximum absolute atomic E-state index is 11.3. The first-order chi connectivity index (χ1) is 7.25. The first-order valence-electron chi connectivity index (χ1n) is 3.69. The highest BCUT2D eigenvalue weighted by atomic mass is 35.6. The Morgan fingerprint density at radius 3 is 1.71 bits per heavy atom. The number of hydrogen-bond acceptors (Lipinski definition) is 6. The fourth-order valence-electron chi connectivity index (χ4n) is 0.713. The largest absolute Gasteiger partial charge is 0.443 e. The predicted molar refractivity (Wildman–Crippen MR) is 63.2 cm³/mol. The van der Waals surface area contributed by atoms with Crippen LogP contribution in [0.4, 0.5) is 4.79 Å². The summed E-state index contributed by atoms with van der Waals surface area (Å²) in [5.74, 6) is 0. The average molecular weight is 349 g/mol. The van der Waals surface area contributed by atoms with Crippen LogP contribution >= 0.6 is 34.8 Å². The highest BCUT2D eigenvalue weighted by molar-refractivity contribution is 8.04. The van der Waals surface area contributed by atoms with Gasteiger partial charge in [0.1, 0.15) is 6.61 Å². The van der Waals surface area contributed by atoms with E-state index in [1.807, 2.05) is 0 Å². The van der Waals surface area contributed by atoms with Gasteiger partial charge in [-0.2, -0.15) is 0 Å². The summed E-state index contributed by atoms with van der Waals surface area (Å²) >= 11 is 15.7. The van der Waals surface area contributed by atoms with Gasteiger partial charge in [-0.25, -0.2) is 21.6 Å². The van der Waals surface area contributed by atoms with Crippen molar-refractivity contribution in [1.29, 1.82) is 0 Å². The molecule has 0 aromatic rings. The van der Waals surface area contributed by atoms with Crippen molar-refractivity contribution in [2.24, 2.45) is 0 Å². The lowest BCUT2D eigenvalue weighted by Crippen LogP contribution is -2.41. The average Bonchev–Trinajstić information content (AvgIpc) is 1.93. The molecule has 102 valence electrons. The molecular weight excluding hydrogens is 341 g/mol. The second-order valence-corrected chi connectivity index (χ2v) is 9.30. The third-order valence-corrected chi connectivity index (χ3v) is 4.57. The minimum Gasteiger partial charge on any atom is -0.443 e. The molecule has 1 amide bonds. The van der Waals surface area contributed by atoms with Crippen LogP contribution in [0.25, 0.3) is 0 Å². The van der Waals surface area contributed by atoms with Gasteiger partial charge in [-0.1, -0.05) is 38.5 Å². The molecule has 12 heteroatoms. The standard InChI is InChI=1S/C5H8Cl3NO6S2/c1-16(11,12)9(17(2,13)14)4(10)15-3-5(6,7)8/h3H2,1-2H3. The summed E-state index contributed by atoms with van der Waals surface area (Å²) < 4.78 is 46.2. The van der Waals surface area contributed by atoms with Crippen LogP contribution in [0.5, 0.6) is 0 Å². The molecule has 17 heavy (non-hydrogen) atoms. The van der Waals surface area contributed by atoms with Crippen molar-refractivity contribution in [3.05, 3.63) is 0 Å². The highest BCUT2D eigenvalue weighted by Gasteiger charge is 2.35. The van der Waals surface area contributed by atoms with Gasteiger partial charge in [-0.3, -0.25) is 0 Å². The van der Waals surface area contributed by atoms with Crippen molar-refractivity contribution in [3.8, 4) is 0 Å². The lowest BCUT2D eigenvalue weighted by atomic mass is 10.8. The third kappa shape index (κ3) is 6.51. The molecule has 0 unspecified atom stereocenters. The normalized spacial score (nSPS) is 13.2. The fraction of sp³-hybridized carbons (Fsp3) is 0.800. The van der Waals surface area contributed by atoms with Crippen LogP contribution in [0.1, 0.15) is 0 Å². The quantitative estimate of drug-likeness (QED) is 0.697. The van der Waals surface area contributed by atoms with Crippen LogP contribution < -0.4 is 0 Å². The van der Waals surface area contributed by atoms with E-state index in [9.17, 15) is 21.6 Å². The number of rotatable bonds is 3. The maximum atomic E-state index is 11.3. The molecular formula is C5H8Cl3NO6S2. The van der Waals surface area contributed by atoms with E-state index in [2.05, 4.69) is 4.74 Å². The van der Waals surface area contributed by atoms with Crippen LogP contribution in [-0.4, -0.2) is 49.6 Å². The van der Waals surface area contributed by atoms with Crippen LogP contribution in [0.2, 0.25) is 0 Å². The van der Waals surface area contributed by atoms with Gasteiger partial charge in [-0.05, 0) is 0 Å². The van der Waals surface area contributed by atoms with E-state index in [1.54, 1.807) is 0 Å². The monoisotopic (exact) mass is 347 g/mol. The Morgan fingerprint density at radius 2 is 1.47 bits per heavy atom. The zero-order valence-corrected chi connectivity index (χ0v) is 12.5. The zero-order chi connectivity index (χ0) is 14.1. The van der Waals surface area contributed by atoms with Crippen molar-refractivity contribution < 1.29 is 26.4 Å². The number of carbonyl (C=O) groups is 1. The van der Waals surface area contributed by atoms with E-state index in [-0.39, 0.29) is 0 Å². The van der Waals surface area contributed by atoms with Gasteiger partial charge < -0.3 is 4.74 Å². The minimum absolute atomic E-state index is 0.434.